The van der Waals surface area contributed by atoms with Gasteiger partial charge in [0, 0.05) is 17.9 Å². The minimum Gasteiger partial charge on any atom is -0.390 e. The Kier molecular flexibility index (Phi) is 6.50. The second kappa shape index (κ2) is 9.30. The second-order valence-electron chi connectivity index (χ2n) is 14.0. The van der Waals surface area contributed by atoms with E-state index in [1.54, 1.807) is 0 Å². The molecule has 4 saturated carbocycles. The van der Waals surface area contributed by atoms with Gasteiger partial charge in [0.1, 0.15) is 12.1 Å². The first-order valence-electron chi connectivity index (χ1n) is 15.0. The van der Waals surface area contributed by atoms with Gasteiger partial charge in [-0.3, -0.25) is 4.79 Å². The van der Waals surface area contributed by atoms with Crippen LogP contribution < -0.4 is 0 Å². The van der Waals surface area contributed by atoms with Crippen molar-refractivity contribution >= 4 is 16.8 Å². The Morgan fingerprint density at radius 2 is 1.82 bits per heavy atom. The van der Waals surface area contributed by atoms with Crippen LogP contribution in [0.1, 0.15) is 85.5 Å². The number of carbonyl (C=O) groups is 1. The number of ketones is 1. The van der Waals surface area contributed by atoms with Gasteiger partial charge in [-0.05, 0) is 112 Å². The van der Waals surface area contributed by atoms with E-state index in [0.717, 1.165) is 70.5 Å². The lowest BCUT2D eigenvalue weighted by atomic mass is 9.37. The largest absolute Gasteiger partial charge is 0.390 e. The number of hydrogen-bond donors (Lipinski definition) is 1. The molecule has 0 spiro atoms. The van der Waals surface area contributed by atoms with E-state index in [1.807, 2.05) is 6.92 Å². The second-order valence-corrected chi connectivity index (χ2v) is 14.0. The van der Waals surface area contributed by atoms with E-state index in [-0.39, 0.29) is 45.5 Å². The molecular weight excluding hydrogens is 500 g/mol. The molecule has 1 aromatic carbocycles. The third kappa shape index (κ3) is 4.02. The van der Waals surface area contributed by atoms with Crippen molar-refractivity contribution in [2.75, 3.05) is 13.2 Å². The van der Waals surface area contributed by atoms with Crippen molar-refractivity contribution < 1.29 is 23.4 Å². The van der Waals surface area contributed by atoms with Crippen LogP contribution in [0.3, 0.4) is 0 Å². The molecule has 1 N–H and O–H groups in total. The molecule has 39 heavy (non-hydrogen) atoms. The van der Waals surface area contributed by atoms with Crippen LogP contribution in [0.4, 0.5) is 8.78 Å². The molecule has 214 valence electrons. The van der Waals surface area contributed by atoms with Crippen molar-refractivity contribution in [2.24, 2.45) is 39.9 Å². The molecule has 0 amide bonds. The number of nitrogens with zero attached hydrogens (tertiary/aromatic N) is 3. The minimum absolute atomic E-state index is 0.0178. The van der Waals surface area contributed by atoms with E-state index in [4.69, 9.17) is 4.74 Å². The van der Waals surface area contributed by atoms with Gasteiger partial charge in [-0.1, -0.05) is 13.8 Å². The lowest BCUT2D eigenvalue weighted by Crippen LogP contribution is -2.63. The first-order chi connectivity index (χ1) is 18.4. The molecule has 0 bridgehead atoms. The lowest BCUT2D eigenvalue weighted by Gasteiger charge is -2.68. The molecule has 1 heterocycles. The Morgan fingerprint density at radius 3 is 2.59 bits per heavy atom. The van der Waals surface area contributed by atoms with Crippen LogP contribution in [0.25, 0.3) is 11.0 Å². The van der Waals surface area contributed by atoms with Crippen molar-refractivity contribution in [3.05, 3.63) is 23.8 Å². The molecule has 0 unspecified atom stereocenters. The standard InChI is InChI=1S/C31H43F2N3O3/c1-5-39-18-31-15-12-28(2,38)16-19(31)6-7-21-20-8-9-22(29(20,3)13-14-30(21,31)4)25(37)17-36-34-24-11-10-23(32)26(33)27(24)35-36/h10-11,19-22,38H,5-9,12-18H2,1-4H3/t19-,20-,21-,22+,28+,29-,30-,31+/m0/s1. The summed E-state index contributed by atoms with van der Waals surface area (Å²) in [5.74, 6) is -0.532. The third-order valence-corrected chi connectivity index (χ3v) is 12.2. The van der Waals surface area contributed by atoms with Crippen molar-refractivity contribution in [3.63, 3.8) is 0 Å². The Labute approximate surface area is 229 Å². The Balaban J connectivity index is 1.26. The molecule has 8 heteroatoms. The smallest absolute Gasteiger partial charge is 0.188 e. The first-order valence-corrected chi connectivity index (χ1v) is 15.0. The zero-order chi connectivity index (χ0) is 27.8. The molecule has 4 fully saturated rings. The molecule has 4 aliphatic carbocycles. The molecule has 0 radical (unpaired) electrons. The average molecular weight is 544 g/mol. The number of Topliss-reactive ketones (excluding diaryl/α,β-unsaturated/α-hetero) is 1. The number of rotatable bonds is 6. The number of hydrogen-bond acceptors (Lipinski definition) is 5. The van der Waals surface area contributed by atoms with Crippen LogP contribution in [0, 0.1) is 51.6 Å². The Bertz CT molecular complexity index is 1280. The number of aliphatic hydroxyl groups is 1. The van der Waals surface area contributed by atoms with E-state index in [9.17, 15) is 18.7 Å². The predicted molar refractivity (Wildman–Crippen MR) is 144 cm³/mol. The molecule has 0 saturated heterocycles. The summed E-state index contributed by atoms with van der Waals surface area (Å²) in [4.78, 5) is 15.0. The zero-order valence-corrected chi connectivity index (χ0v) is 23.8. The van der Waals surface area contributed by atoms with Crippen LogP contribution in [0.5, 0.6) is 0 Å². The predicted octanol–water partition coefficient (Wildman–Crippen LogP) is 6.10. The summed E-state index contributed by atoms with van der Waals surface area (Å²) in [7, 11) is 0. The summed E-state index contributed by atoms with van der Waals surface area (Å²) in [5, 5.41) is 19.4. The van der Waals surface area contributed by atoms with Crippen molar-refractivity contribution in [1.82, 2.24) is 15.0 Å². The third-order valence-electron chi connectivity index (χ3n) is 12.2. The van der Waals surface area contributed by atoms with Gasteiger partial charge in [0.05, 0.1) is 12.2 Å². The van der Waals surface area contributed by atoms with Gasteiger partial charge < -0.3 is 9.84 Å². The van der Waals surface area contributed by atoms with Crippen molar-refractivity contribution in [3.8, 4) is 0 Å². The molecule has 4 aliphatic rings. The van der Waals surface area contributed by atoms with Gasteiger partial charge in [0.15, 0.2) is 22.9 Å². The SMILES string of the molecule is CCOC[C@]12CC[C@@](C)(O)C[C@@H]1CC[C@H]1[C@@H]3CC[C@H](C(=O)Cn4nc5ccc(F)c(F)c5n4)[C@@]3(C)CC[C@@]12C. The maximum absolute atomic E-state index is 14.2. The van der Waals surface area contributed by atoms with Gasteiger partial charge >= 0.3 is 0 Å². The van der Waals surface area contributed by atoms with Crippen LogP contribution in [0.2, 0.25) is 0 Å². The van der Waals surface area contributed by atoms with Gasteiger partial charge in [-0.25, -0.2) is 8.78 Å². The molecule has 1 aromatic heterocycles. The van der Waals surface area contributed by atoms with Crippen LogP contribution >= 0.6 is 0 Å². The number of aromatic nitrogens is 3. The lowest BCUT2D eigenvalue weighted by molar-refractivity contribution is -0.223. The Morgan fingerprint density at radius 1 is 1.05 bits per heavy atom. The molecule has 6 rings (SSSR count). The fourth-order valence-corrected chi connectivity index (χ4v) is 10.1. The summed E-state index contributed by atoms with van der Waals surface area (Å²) in [6.07, 6.45) is 8.87. The maximum atomic E-state index is 14.2. The number of benzene rings is 1. The minimum atomic E-state index is -1.02. The van der Waals surface area contributed by atoms with Gasteiger partial charge in [-0.15, -0.1) is 5.10 Å². The van der Waals surface area contributed by atoms with E-state index in [0.29, 0.717) is 24.4 Å². The first kappa shape index (κ1) is 27.3. The van der Waals surface area contributed by atoms with Crippen LogP contribution in [-0.4, -0.2) is 44.7 Å². The summed E-state index contributed by atoms with van der Waals surface area (Å²) in [6.45, 7) is 10.3. The van der Waals surface area contributed by atoms with E-state index < -0.39 is 17.2 Å². The van der Waals surface area contributed by atoms with Gasteiger partial charge in [0.25, 0.3) is 0 Å². The maximum Gasteiger partial charge on any atom is 0.188 e. The highest BCUT2D eigenvalue weighted by molar-refractivity contribution is 5.82. The topological polar surface area (TPSA) is 77.2 Å². The number of fused-ring (bicyclic) bond motifs is 6. The number of carbonyl (C=O) groups excluding carboxylic acids is 1. The quantitative estimate of drug-likeness (QED) is 0.477. The van der Waals surface area contributed by atoms with Crippen LogP contribution in [0.15, 0.2) is 12.1 Å². The summed E-state index contributed by atoms with van der Waals surface area (Å²) < 4.78 is 34.1. The van der Waals surface area contributed by atoms with E-state index >= 15 is 0 Å². The van der Waals surface area contributed by atoms with Gasteiger partial charge in [-0.2, -0.15) is 9.90 Å². The highest BCUT2D eigenvalue weighted by Gasteiger charge is 2.68. The monoisotopic (exact) mass is 543 g/mol. The average Bonchev–Trinajstić information content (AvgIpc) is 3.46. The van der Waals surface area contributed by atoms with E-state index in [2.05, 4.69) is 31.0 Å². The van der Waals surface area contributed by atoms with Crippen molar-refractivity contribution in [1.29, 1.82) is 0 Å². The van der Waals surface area contributed by atoms with Crippen LogP contribution in [-0.2, 0) is 16.1 Å². The fourth-order valence-electron chi connectivity index (χ4n) is 10.1. The summed E-state index contributed by atoms with van der Waals surface area (Å²) >= 11 is 0. The molecule has 6 nitrogen and oxygen atoms in total. The zero-order valence-electron chi connectivity index (χ0n) is 23.8. The molecule has 8 atom stereocenters. The normalized spacial score (nSPS) is 41.7. The highest BCUT2D eigenvalue weighted by Crippen LogP contribution is 2.73. The molecular formula is C31H43F2N3O3. The fraction of sp³-hybridized carbons (Fsp3) is 0.774. The van der Waals surface area contributed by atoms with E-state index in [1.165, 1.54) is 10.9 Å². The summed E-state index contributed by atoms with van der Waals surface area (Å²) in [6, 6.07) is 2.44. The summed E-state index contributed by atoms with van der Waals surface area (Å²) in [5.41, 5.74) is -0.381. The number of halogens is 2. The molecule has 0 aliphatic heterocycles. The molecule has 2 aromatic rings. The van der Waals surface area contributed by atoms with Gasteiger partial charge in [0.2, 0.25) is 0 Å². The van der Waals surface area contributed by atoms with Crippen molar-refractivity contribution in [2.45, 2.75) is 97.6 Å². The highest BCUT2D eigenvalue weighted by atomic mass is 19.2. The number of ether oxygens (including phenoxy) is 1. The Hall–Kier alpha value is -1.93.